The number of para-hydroxylation sites is 1. The second kappa shape index (κ2) is 8.11. The van der Waals surface area contributed by atoms with Crippen molar-refractivity contribution in [1.82, 2.24) is 9.88 Å². The molecule has 8 heteroatoms. The number of aromatic nitrogens is 1. The molecule has 2 aliphatic rings. The third-order valence-electron chi connectivity index (χ3n) is 6.88. The number of piperidine rings is 1. The van der Waals surface area contributed by atoms with Crippen molar-refractivity contribution in [3.63, 3.8) is 0 Å². The van der Waals surface area contributed by atoms with Crippen LogP contribution in [-0.2, 0) is 20.2 Å². The van der Waals surface area contributed by atoms with Crippen molar-refractivity contribution < 1.29 is 13.2 Å². The first-order valence-electron chi connectivity index (χ1n) is 11.2. The van der Waals surface area contributed by atoms with E-state index in [1.807, 2.05) is 49.4 Å². The number of hydrogen-bond acceptors (Lipinski definition) is 5. The molecule has 2 aromatic carbocycles. The van der Waals surface area contributed by atoms with Gasteiger partial charge in [0.25, 0.3) is 0 Å². The first-order valence-corrected chi connectivity index (χ1v) is 13.1. The summed E-state index contributed by atoms with van der Waals surface area (Å²) in [4.78, 5) is 19.4. The summed E-state index contributed by atoms with van der Waals surface area (Å²) in [6.07, 6.45) is 2.90. The van der Waals surface area contributed by atoms with Crippen LogP contribution in [-0.4, -0.2) is 56.6 Å². The van der Waals surface area contributed by atoms with E-state index in [1.165, 1.54) is 16.1 Å². The van der Waals surface area contributed by atoms with Gasteiger partial charge in [0.2, 0.25) is 15.9 Å². The molecule has 0 atom stereocenters. The van der Waals surface area contributed by atoms with Crippen molar-refractivity contribution in [2.45, 2.75) is 25.2 Å². The highest BCUT2D eigenvalue weighted by Crippen LogP contribution is 2.47. The molecule has 0 saturated carbocycles. The Balaban J connectivity index is 1.24. The molecule has 7 nitrogen and oxygen atoms in total. The molecule has 1 aromatic heterocycles. The van der Waals surface area contributed by atoms with E-state index in [-0.39, 0.29) is 11.3 Å². The van der Waals surface area contributed by atoms with E-state index in [2.05, 4.69) is 27.3 Å². The molecule has 33 heavy (non-hydrogen) atoms. The SMILES string of the molecule is Cc1ccc2nc(NC(=O)CN3CCC4(CC3)CN(S(C)(=O)=O)c3ccccc34)ccc2c1. The predicted molar refractivity (Wildman–Crippen MR) is 131 cm³/mol. The normalized spacial score (nSPS) is 17.9. The molecule has 0 radical (unpaired) electrons. The average Bonchev–Trinajstić information content (AvgIpc) is 3.10. The molecule has 3 heterocycles. The van der Waals surface area contributed by atoms with Crippen LogP contribution in [0.5, 0.6) is 0 Å². The number of carbonyl (C=O) groups is 1. The van der Waals surface area contributed by atoms with Gasteiger partial charge >= 0.3 is 0 Å². The zero-order valence-electron chi connectivity index (χ0n) is 18.9. The van der Waals surface area contributed by atoms with Gasteiger partial charge in [-0.2, -0.15) is 0 Å². The van der Waals surface area contributed by atoms with Crippen LogP contribution in [0, 0.1) is 6.92 Å². The molecule has 1 spiro atoms. The number of carbonyl (C=O) groups excluding carboxylic acids is 1. The number of hydrogen-bond donors (Lipinski definition) is 1. The Bertz CT molecular complexity index is 1330. The van der Waals surface area contributed by atoms with Gasteiger partial charge in [-0.25, -0.2) is 13.4 Å². The molecule has 0 aliphatic carbocycles. The number of anilines is 2. The summed E-state index contributed by atoms with van der Waals surface area (Å²) < 4.78 is 26.3. The number of fused-ring (bicyclic) bond motifs is 3. The van der Waals surface area contributed by atoms with Crippen LogP contribution >= 0.6 is 0 Å². The van der Waals surface area contributed by atoms with E-state index in [9.17, 15) is 13.2 Å². The second-order valence-electron chi connectivity index (χ2n) is 9.28. The molecule has 2 aliphatic heterocycles. The van der Waals surface area contributed by atoms with E-state index < -0.39 is 10.0 Å². The number of amides is 1. The number of nitrogens with one attached hydrogen (secondary N) is 1. The van der Waals surface area contributed by atoms with Crippen LogP contribution in [0.3, 0.4) is 0 Å². The Morgan fingerprint density at radius 2 is 1.85 bits per heavy atom. The van der Waals surface area contributed by atoms with Gasteiger partial charge < -0.3 is 5.32 Å². The van der Waals surface area contributed by atoms with Crippen molar-refractivity contribution in [1.29, 1.82) is 0 Å². The highest BCUT2D eigenvalue weighted by molar-refractivity contribution is 7.92. The number of aryl methyl sites for hydroxylation is 1. The summed E-state index contributed by atoms with van der Waals surface area (Å²) in [7, 11) is -3.33. The number of benzene rings is 2. The van der Waals surface area contributed by atoms with E-state index >= 15 is 0 Å². The summed E-state index contributed by atoms with van der Waals surface area (Å²) in [6, 6.07) is 17.7. The van der Waals surface area contributed by atoms with Crippen molar-refractivity contribution in [2.24, 2.45) is 0 Å². The molecule has 1 saturated heterocycles. The fourth-order valence-corrected chi connectivity index (χ4v) is 6.15. The fraction of sp³-hybridized carbons (Fsp3) is 0.360. The van der Waals surface area contributed by atoms with Gasteiger partial charge in [0.1, 0.15) is 5.82 Å². The summed E-state index contributed by atoms with van der Waals surface area (Å²) in [5, 5.41) is 3.97. The first-order chi connectivity index (χ1) is 15.7. The largest absolute Gasteiger partial charge is 0.310 e. The van der Waals surface area contributed by atoms with Gasteiger partial charge in [0, 0.05) is 17.3 Å². The highest BCUT2D eigenvalue weighted by atomic mass is 32.2. The third kappa shape index (κ3) is 4.20. The van der Waals surface area contributed by atoms with E-state index in [0.717, 1.165) is 48.1 Å². The van der Waals surface area contributed by atoms with Crippen LogP contribution in [0.15, 0.2) is 54.6 Å². The lowest BCUT2D eigenvalue weighted by Gasteiger charge is -2.39. The maximum absolute atomic E-state index is 12.7. The van der Waals surface area contributed by atoms with Crippen LogP contribution < -0.4 is 9.62 Å². The Hall–Kier alpha value is -2.97. The molecule has 1 amide bonds. The molecule has 1 fully saturated rings. The standard InChI is InChI=1S/C25H28N4O3S/c1-18-7-9-21-19(15-18)8-10-23(26-21)27-24(30)16-28-13-11-25(12-14-28)17-29(33(2,31)32)22-6-4-3-5-20(22)25/h3-10,15H,11-14,16-17H2,1-2H3,(H,26,27,30). The van der Waals surface area contributed by atoms with Crippen LogP contribution in [0.4, 0.5) is 11.5 Å². The Kier molecular flexibility index (Phi) is 5.37. The minimum absolute atomic E-state index is 0.0884. The van der Waals surface area contributed by atoms with Gasteiger partial charge in [-0.3, -0.25) is 14.0 Å². The zero-order valence-corrected chi connectivity index (χ0v) is 19.7. The van der Waals surface area contributed by atoms with Crippen LogP contribution in [0.2, 0.25) is 0 Å². The topological polar surface area (TPSA) is 82.6 Å². The molecule has 0 bridgehead atoms. The van der Waals surface area contributed by atoms with Crippen LogP contribution in [0.1, 0.15) is 24.0 Å². The summed E-state index contributed by atoms with van der Waals surface area (Å²) in [6.45, 7) is 4.29. The minimum Gasteiger partial charge on any atom is -0.310 e. The van der Waals surface area contributed by atoms with Crippen LogP contribution in [0.25, 0.3) is 10.9 Å². The van der Waals surface area contributed by atoms with Crippen molar-refractivity contribution >= 4 is 38.3 Å². The van der Waals surface area contributed by atoms with E-state index in [1.54, 1.807) is 0 Å². The summed E-state index contributed by atoms with van der Waals surface area (Å²) >= 11 is 0. The molecular weight excluding hydrogens is 436 g/mol. The molecule has 172 valence electrons. The number of sulfonamides is 1. The Morgan fingerprint density at radius 3 is 2.61 bits per heavy atom. The number of pyridine rings is 1. The smallest absolute Gasteiger partial charge is 0.239 e. The number of rotatable bonds is 4. The average molecular weight is 465 g/mol. The summed E-state index contributed by atoms with van der Waals surface area (Å²) in [5.41, 5.74) is 3.74. The molecule has 3 aromatic rings. The van der Waals surface area contributed by atoms with Gasteiger partial charge in [0.05, 0.1) is 24.0 Å². The van der Waals surface area contributed by atoms with Gasteiger partial charge in [-0.05, 0) is 68.8 Å². The van der Waals surface area contributed by atoms with E-state index in [0.29, 0.717) is 18.9 Å². The quantitative estimate of drug-likeness (QED) is 0.641. The fourth-order valence-electron chi connectivity index (χ4n) is 5.15. The lowest BCUT2D eigenvalue weighted by atomic mass is 9.74. The number of likely N-dealkylation sites (tertiary alicyclic amines) is 1. The first kappa shape index (κ1) is 21.9. The molecule has 5 rings (SSSR count). The lowest BCUT2D eigenvalue weighted by molar-refractivity contribution is -0.117. The van der Waals surface area contributed by atoms with Crippen molar-refractivity contribution in [3.05, 3.63) is 65.7 Å². The maximum atomic E-state index is 12.7. The predicted octanol–water partition coefficient (Wildman–Crippen LogP) is 3.30. The second-order valence-corrected chi connectivity index (χ2v) is 11.2. The maximum Gasteiger partial charge on any atom is 0.239 e. The Labute approximate surface area is 194 Å². The molecule has 0 unspecified atom stereocenters. The van der Waals surface area contributed by atoms with Crippen molar-refractivity contribution in [2.75, 3.05) is 42.1 Å². The van der Waals surface area contributed by atoms with E-state index in [4.69, 9.17) is 0 Å². The lowest BCUT2D eigenvalue weighted by Crippen LogP contribution is -2.47. The minimum atomic E-state index is -3.33. The van der Waals surface area contributed by atoms with Gasteiger partial charge in [-0.15, -0.1) is 0 Å². The summed E-state index contributed by atoms with van der Waals surface area (Å²) in [5.74, 6) is 0.466. The van der Waals surface area contributed by atoms with Gasteiger partial charge in [0.15, 0.2) is 0 Å². The highest BCUT2D eigenvalue weighted by Gasteiger charge is 2.46. The zero-order chi connectivity index (χ0) is 23.2. The van der Waals surface area contributed by atoms with Gasteiger partial charge in [-0.1, -0.05) is 29.8 Å². The number of nitrogens with zero attached hydrogens (tertiary/aromatic N) is 3. The monoisotopic (exact) mass is 464 g/mol. The van der Waals surface area contributed by atoms with Crippen molar-refractivity contribution in [3.8, 4) is 0 Å². The third-order valence-corrected chi connectivity index (χ3v) is 8.01. The molecule has 1 N–H and O–H groups in total. The molecular formula is C25H28N4O3S. The Morgan fingerprint density at radius 1 is 1.09 bits per heavy atom.